The SMILES string of the molecule is COc1cc(C=Nc2ccc(C)cc2C)cc(I)c1Oc1ccc([N+](=O)[O-])cc1[N+](=O)[O-]. The lowest BCUT2D eigenvalue weighted by atomic mass is 10.1. The number of methoxy groups -OCH3 is 1. The van der Waals surface area contributed by atoms with Gasteiger partial charge in [-0.15, -0.1) is 0 Å². The molecule has 0 atom stereocenters. The molecule has 0 heterocycles. The van der Waals surface area contributed by atoms with E-state index in [1.165, 1.54) is 13.2 Å². The van der Waals surface area contributed by atoms with Crippen LogP contribution in [0.25, 0.3) is 0 Å². The van der Waals surface area contributed by atoms with Gasteiger partial charge < -0.3 is 9.47 Å². The van der Waals surface area contributed by atoms with Crippen LogP contribution < -0.4 is 9.47 Å². The van der Waals surface area contributed by atoms with Gasteiger partial charge in [0.1, 0.15) is 0 Å². The number of nitro groups is 2. The van der Waals surface area contributed by atoms with E-state index in [1.807, 2.05) is 54.6 Å². The second-order valence-corrected chi connectivity index (χ2v) is 8.01. The molecule has 0 aliphatic rings. The van der Waals surface area contributed by atoms with Crippen LogP contribution >= 0.6 is 22.6 Å². The summed E-state index contributed by atoms with van der Waals surface area (Å²) in [5, 5.41) is 22.3. The van der Waals surface area contributed by atoms with Crippen LogP contribution in [-0.2, 0) is 0 Å². The highest BCUT2D eigenvalue weighted by Gasteiger charge is 2.23. The van der Waals surface area contributed by atoms with Crippen molar-refractivity contribution in [3.8, 4) is 17.2 Å². The van der Waals surface area contributed by atoms with Gasteiger partial charge in [0.05, 0.1) is 32.3 Å². The summed E-state index contributed by atoms with van der Waals surface area (Å²) in [5.74, 6) is 0.467. The van der Waals surface area contributed by atoms with E-state index in [-0.39, 0.29) is 11.5 Å². The van der Waals surface area contributed by atoms with Crippen LogP contribution in [0.2, 0.25) is 0 Å². The van der Waals surface area contributed by atoms with Crippen molar-refractivity contribution in [3.63, 3.8) is 0 Å². The molecule has 0 bridgehead atoms. The molecule has 164 valence electrons. The Morgan fingerprint density at radius 3 is 2.34 bits per heavy atom. The van der Waals surface area contributed by atoms with E-state index in [0.717, 1.165) is 34.5 Å². The minimum Gasteiger partial charge on any atom is -0.493 e. The highest BCUT2D eigenvalue weighted by molar-refractivity contribution is 14.1. The number of non-ortho nitro benzene ring substituents is 1. The van der Waals surface area contributed by atoms with Gasteiger partial charge in [0, 0.05) is 12.3 Å². The average Bonchev–Trinajstić information content (AvgIpc) is 2.74. The topological polar surface area (TPSA) is 117 Å². The van der Waals surface area contributed by atoms with Crippen LogP contribution in [0.1, 0.15) is 16.7 Å². The summed E-state index contributed by atoms with van der Waals surface area (Å²) < 4.78 is 11.8. The Balaban J connectivity index is 1.96. The van der Waals surface area contributed by atoms with E-state index in [9.17, 15) is 20.2 Å². The van der Waals surface area contributed by atoms with Crippen LogP contribution in [0, 0.1) is 37.6 Å². The summed E-state index contributed by atoms with van der Waals surface area (Å²) in [6.07, 6.45) is 1.69. The Labute approximate surface area is 197 Å². The second-order valence-electron chi connectivity index (χ2n) is 6.85. The quantitative estimate of drug-likeness (QED) is 0.149. The molecule has 0 aliphatic carbocycles. The first-order valence-corrected chi connectivity index (χ1v) is 10.4. The molecule has 0 aromatic heterocycles. The van der Waals surface area contributed by atoms with E-state index in [4.69, 9.17) is 9.47 Å². The smallest absolute Gasteiger partial charge is 0.318 e. The predicted octanol–water partition coefficient (Wildman–Crippen LogP) is 6.28. The standard InChI is InChI=1S/C22H18IN3O6/c1-13-4-6-18(14(2)8-13)24-12-15-9-17(23)22(21(10-15)31-3)32-20-7-5-16(25(27)28)11-19(20)26(29)30/h4-12H,1-3H3. The molecule has 3 rings (SSSR count). The molecule has 0 aliphatic heterocycles. The molecule has 0 radical (unpaired) electrons. The van der Waals surface area contributed by atoms with E-state index in [0.29, 0.717) is 9.32 Å². The van der Waals surface area contributed by atoms with Crippen molar-refractivity contribution in [2.45, 2.75) is 13.8 Å². The third-order valence-corrected chi connectivity index (χ3v) is 5.32. The molecule has 0 N–H and O–H groups in total. The first-order chi connectivity index (χ1) is 15.2. The lowest BCUT2D eigenvalue weighted by Gasteiger charge is -2.13. The fourth-order valence-electron chi connectivity index (χ4n) is 2.97. The van der Waals surface area contributed by atoms with E-state index < -0.39 is 21.2 Å². The van der Waals surface area contributed by atoms with E-state index >= 15 is 0 Å². The van der Waals surface area contributed by atoms with Gasteiger partial charge in [-0.1, -0.05) is 17.7 Å². The summed E-state index contributed by atoms with van der Waals surface area (Å²) in [4.78, 5) is 25.4. The van der Waals surface area contributed by atoms with E-state index in [1.54, 1.807) is 18.3 Å². The zero-order chi connectivity index (χ0) is 23.4. The molecule has 0 unspecified atom stereocenters. The number of ether oxygens (including phenoxy) is 2. The van der Waals surface area contributed by atoms with Gasteiger partial charge >= 0.3 is 5.69 Å². The molecular formula is C22H18IN3O6. The van der Waals surface area contributed by atoms with Crippen molar-refractivity contribution in [3.05, 3.63) is 89.0 Å². The number of aryl methyl sites for hydroxylation is 2. The molecular weight excluding hydrogens is 529 g/mol. The maximum absolute atomic E-state index is 11.4. The first-order valence-electron chi connectivity index (χ1n) is 9.29. The van der Waals surface area contributed by atoms with Crippen molar-refractivity contribution in [2.24, 2.45) is 4.99 Å². The Bertz CT molecular complexity index is 1240. The van der Waals surface area contributed by atoms with Crippen molar-refractivity contribution in [1.29, 1.82) is 0 Å². The van der Waals surface area contributed by atoms with Crippen LogP contribution in [0.3, 0.4) is 0 Å². The summed E-state index contributed by atoms with van der Waals surface area (Å²) >= 11 is 2.03. The Hall–Kier alpha value is -3.54. The number of halogens is 1. The minimum absolute atomic E-state index is 0.131. The Morgan fingerprint density at radius 1 is 0.969 bits per heavy atom. The number of nitro benzene ring substituents is 2. The summed E-state index contributed by atoms with van der Waals surface area (Å²) in [7, 11) is 1.45. The zero-order valence-electron chi connectivity index (χ0n) is 17.4. The van der Waals surface area contributed by atoms with Crippen LogP contribution in [0.15, 0.2) is 53.5 Å². The van der Waals surface area contributed by atoms with Crippen LogP contribution in [-0.4, -0.2) is 23.2 Å². The number of aliphatic imine (C=N–C) groups is 1. The summed E-state index contributed by atoms with van der Waals surface area (Å²) in [6.45, 7) is 4.00. The summed E-state index contributed by atoms with van der Waals surface area (Å²) in [6, 6.07) is 12.7. The van der Waals surface area contributed by atoms with Gasteiger partial charge in [0.25, 0.3) is 5.69 Å². The fraction of sp³-hybridized carbons (Fsp3) is 0.136. The van der Waals surface area contributed by atoms with Gasteiger partial charge in [-0.2, -0.15) is 0 Å². The van der Waals surface area contributed by atoms with Crippen molar-refractivity contribution in [1.82, 2.24) is 0 Å². The average molecular weight is 547 g/mol. The molecule has 0 saturated carbocycles. The number of nitrogens with zero attached hydrogens (tertiary/aromatic N) is 3. The lowest BCUT2D eigenvalue weighted by Crippen LogP contribution is -1.99. The minimum atomic E-state index is -0.730. The van der Waals surface area contributed by atoms with Gasteiger partial charge in [0.15, 0.2) is 11.5 Å². The molecule has 3 aromatic rings. The van der Waals surface area contributed by atoms with Crippen molar-refractivity contribution < 1.29 is 19.3 Å². The predicted molar refractivity (Wildman–Crippen MR) is 129 cm³/mol. The van der Waals surface area contributed by atoms with Crippen LogP contribution in [0.4, 0.5) is 17.1 Å². The van der Waals surface area contributed by atoms with Crippen molar-refractivity contribution in [2.75, 3.05) is 7.11 Å². The molecule has 0 spiro atoms. The fourth-order valence-corrected chi connectivity index (χ4v) is 3.70. The Kier molecular flexibility index (Phi) is 7.03. The number of hydrogen-bond acceptors (Lipinski definition) is 7. The maximum Gasteiger partial charge on any atom is 0.318 e. The zero-order valence-corrected chi connectivity index (χ0v) is 19.5. The number of benzene rings is 3. The highest BCUT2D eigenvalue weighted by Crippen LogP contribution is 2.41. The second kappa shape index (κ2) is 9.73. The molecule has 32 heavy (non-hydrogen) atoms. The van der Waals surface area contributed by atoms with E-state index in [2.05, 4.69) is 4.99 Å². The molecule has 0 amide bonds. The third kappa shape index (κ3) is 5.19. The molecule has 0 fully saturated rings. The molecule has 3 aromatic carbocycles. The number of rotatable bonds is 7. The van der Waals surface area contributed by atoms with Crippen LogP contribution in [0.5, 0.6) is 17.2 Å². The van der Waals surface area contributed by atoms with Gasteiger partial charge in [0.2, 0.25) is 5.75 Å². The third-order valence-electron chi connectivity index (χ3n) is 4.52. The van der Waals surface area contributed by atoms with Gasteiger partial charge in [-0.25, -0.2) is 0 Å². The highest BCUT2D eigenvalue weighted by atomic mass is 127. The molecule has 9 nitrogen and oxygen atoms in total. The monoisotopic (exact) mass is 547 g/mol. The maximum atomic E-state index is 11.4. The lowest BCUT2D eigenvalue weighted by molar-refractivity contribution is -0.394. The molecule has 0 saturated heterocycles. The normalized spacial score (nSPS) is 10.9. The summed E-state index contributed by atoms with van der Waals surface area (Å²) in [5.41, 5.74) is 2.87. The number of hydrogen-bond donors (Lipinski definition) is 0. The largest absolute Gasteiger partial charge is 0.493 e. The Morgan fingerprint density at radius 2 is 1.72 bits per heavy atom. The van der Waals surface area contributed by atoms with Gasteiger partial charge in [-0.05, 0) is 71.8 Å². The first kappa shape index (κ1) is 23.1. The van der Waals surface area contributed by atoms with Crippen molar-refractivity contribution >= 4 is 45.9 Å². The van der Waals surface area contributed by atoms with Gasteiger partial charge in [-0.3, -0.25) is 25.2 Å². The molecule has 10 heteroatoms.